The molecule has 0 aromatic rings. The van der Waals surface area contributed by atoms with Gasteiger partial charge in [-0.25, -0.2) is 4.57 Å². The highest BCUT2D eigenvalue weighted by Gasteiger charge is 2.25. The maximum absolute atomic E-state index is 12.3. The van der Waals surface area contributed by atoms with Crippen LogP contribution >= 0.6 is 7.82 Å². The third-order valence-electron chi connectivity index (χ3n) is 7.35. The molecule has 1 heterocycles. The van der Waals surface area contributed by atoms with Gasteiger partial charge in [0.1, 0.15) is 5.78 Å². The molecule has 0 aromatic heterocycles. The van der Waals surface area contributed by atoms with Crippen molar-refractivity contribution in [3.05, 3.63) is 0 Å². The Morgan fingerprint density at radius 3 is 1.86 bits per heavy atom. The van der Waals surface area contributed by atoms with Crippen molar-refractivity contribution in [1.29, 1.82) is 0 Å². The third kappa shape index (κ3) is 19.8. The minimum Gasteiger partial charge on any atom is -0.302 e. The molecule has 0 radical (unpaired) electrons. The first-order valence-corrected chi connectivity index (χ1v) is 16.8. The lowest BCUT2D eigenvalue weighted by atomic mass is 9.94. The molecule has 1 rings (SSSR count). The molecule has 0 aliphatic carbocycles. The highest BCUT2D eigenvalue weighted by atomic mass is 31.2. The van der Waals surface area contributed by atoms with Crippen LogP contribution in [-0.4, -0.2) is 48.4 Å². The summed E-state index contributed by atoms with van der Waals surface area (Å²) in [7, 11) is -4.07. The van der Waals surface area contributed by atoms with Crippen LogP contribution in [0.1, 0.15) is 142 Å². The van der Waals surface area contributed by atoms with Gasteiger partial charge in [-0.2, -0.15) is 0 Å². The summed E-state index contributed by atoms with van der Waals surface area (Å²) in [6.07, 6.45) is 23.5. The lowest BCUT2D eigenvalue weighted by molar-refractivity contribution is -0.120. The second-order valence-corrected chi connectivity index (χ2v) is 12.3. The van der Waals surface area contributed by atoms with Crippen molar-refractivity contribution in [2.24, 2.45) is 5.92 Å². The Morgan fingerprint density at radius 1 is 0.806 bits per heavy atom. The Morgan fingerprint density at radius 2 is 1.33 bits per heavy atom. The molecule has 2 atom stereocenters. The highest BCUT2D eigenvalue weighted by Crippen LogP contribution is 2.44. The van der Waals surface area contributed by atoms with E-state index in [1.807, 2.05) is 6.92 Å². The van der Waals surface area contributed by atoms with Crippen LogP contribution < -0.4 is 0 Å². The number of ketones is 1. The number of carbonyl (C=O) groups is 1. The van der Waals surface area contributed by atoms with Crippen LogP contribution in [0, 0.1) is 5.92 Å². The van der Waals surface area contributed by atoms with Crippen LogP contribution in [0.25, 0.3) is 0 Å². The Hall–Kier alpha value is -0.260. The maximum atomic E-state index is 12.3. The molecular formula is C29H58NO5P. The van der Waals surface area contributed by atoms with E-state index >= 15 is 0 Å². The number of nitrogens with zero attached hydrogens (tertiary/aromatic N) is 1. The average molecular weight is 532 g/mol. The topological polar surface area (TPSA) is 76.1 Å². The molecule has 6 nitrogen and oxygen atoms in total. The van der Waals surface area contributed by atoms with Crippen molar-refractivity contribution in [2.45, 2.75) is 142 Å². The Balaban J connectivity index is 2.14. The molecule has 36 heavy (non-hydrogen) atoms. The van der Waals surface area contributed by atoms with E-state index < -0.39 is 7.82 Å². The second kappa shape index (κ2) is 22.7. The van der Waals surface area contributed by atoms with E-state index in [-0.39, 0.29) is 24.9 Å². The van der Waals surface area contributed by atoms with Gasteiger partial charge in [0.2, 0.25) is 0 Å². The van der Waals surface area contributed by atoms with E-state index in [0.717, 1.165) is 38.8 Å². The van der Waals surface area contributed by atoms with E-state index in [9.17, 15) is 14.3 Å². The molecule has 0 aromatic carbocycles. The Kier molecular flexibility index (Phi) is 21.3. The summed E-state index contributed by atoms with van der Waals surface area (Å²) in [5.41, 5.74) is 0. The van der Waals surface area contributed by atoms with E-state index in [2.05, 4.69) is 11.8 Å². The fourth-order valence-corrected chi connectivity index (χ4v) is 5.89. The summed E-state index contributed by atoms with van der Waals surface area (Å²) < 4.78 is 22.8. The van der Waals surface area contributed by atoms with Gasteiger partial charge in [-0.05, 0) is 44.7 Å². The van der Waals surface area contributed by atoms with Crippen LogP contribution in [0.15, 0.2) is 0 Å². The van der Waals surface area contributed by atoms with E-state index in [1.54, 1.807) is 0 Å². The fourth-order valence-electron chi connectivity index (χ4n) is 5.10. The predicted octanol–water partition coefficient (Wildman–Crippen LogP) is 8.46. The molecule has 0 spiro atoms. The first-order valence-electron chi connectivity index (χ1n) is 15.3. The number of rotatable bonds is 26. The molecule has 1 N–H and O–H groups in total. The minimum atomic E-state index is -4.07. The lowest BCUT2D eigenvalue weighted by Crippen LogP contribution is -2.24. The zero-order valence-electron chi connectivity index (χ0n) is 23.7. The van der Waals surface area contributed by atoms with Gasteiger partial charge in [0.05, 0.1) is 13.2 Å². The highest BCUT2D eigenvalue weighted by molar-refractivity contribution is 7.47. The molecule has 1 saturated heterocycles. The molecule has 214 valence electrons. The van der Waals surface area contributed by atoms with Crippen molar-refractivity contribution in [3.8, 4) is 0 Å². The third-order valence-corrected chi connectivity index (χ3v) is 8.33. The molecule has 0 saturated carbocycles. The smallest absolute Gasteiger partial charge is 0.302 e. The van der Waals surface area contributed by atoms with E-state index in [4.69, 9.17) is 9.05 Å². The van der Waals surface area contributed by atoms with Gasteiger partial charge in [0.25, 0.3) is 0 Å². The Bertz CT molecular complexity index is 568. The molecule has 1 aliphatic heterocycles. The molecular weight excluding hydrogens is 473 g/mol. The van der Waals surface area contributed by atoms with Gasteiger partial charge in [-0.15, -0.1) is 0 Å². The first-order chi connectivity index (χ1) is 17.5. The number of hydrogen-bond donors (Lipinski definition) is 1. The molecule has 1 aliphatic rings. The first kappa shape index (κ1) is 33.8. The Labute approximate surface area is 222 Å². The van der Waals surface area contributed by atoms with Gasteiger partial charge < -0.3 is 9.79 Å². The van der Waals surface area contributed by atoms with Crippen LogP contribution in [0.3, 0.4) is 0 Å². The van der Waals surface area contributed by atoms with Crippen LogP contribution in [0.5, 0.6) is 0 Å². The quantitative estimate of drug-likeness (QED) is 0.0891. The minimum absolute atomic E-state index is 0.0102. The van der Waals surface area contributed by atoms with Crippen LogP contribution in [-0.2, 0) is 18.4 Å². The fraction of sp³-hybridized carbons (Fsp3) is 0.966. The maximum Gasteiger partial charge on any atom is 0.472 e. The second-order valence-electron chi connectivity index (χ2n) is 10.9. The van der Waals surface area contributed by atoms with Crippen molar-refractivity contribution < 1.29 is 23.3 Å². The zero-order valence-corrected chi connectivity index (χ0v) is 24.6. The standard InChI is InChI=1S/C29H58NO5P/c1-3-5-6-7-8-9-10-11-12-13-14-15-16-17-21-28(26-29(31)20-4-2)27-35-36(32,33)34-25-24-30-22-18-19-23-30/h28H,3-27H2,1-2H3,(H,32,33). The normalized spacial score (nSPS) is 16.9. The lowest BCUT2D eigenvalue weighted by Gasteiger charge is -2.20. The van der Waals surface area contributed by atoms with Gasteiger partial charge >= 0.3 is 7.82 Å². The number of hydrogen-bond acceptors (Lipinski definition) is 5. The van der Waals surface area contributed by atoms with Crippen LogP contribution in [0.2, 0.25) is 0 Å². The molecule has 0 amide bonds. The van der Waals surface area contributed by atoms with E-state index in [0.29, 0.717) is 19.4 Å². The van der Waals surface area contributed by atoms with Crippen molar-refractivity contribution >= 4 is 13.6 Å². The van der Waals surface area contributed by atoms with Gasteiger partial charge in [0, 0.05) is 19.4 Å². The number of phosphoric acid groups is 1. The number of carbonyl (C=O) groups excluding carboxylic acids is 1. The van der Waals surface area contributed by atoms with Crippen molar-refractivity contribution in [2.75, 3.05) is 32.8 Å². The zero-order chi connectivity index (χ0) is 26.3. The number of Topliss-reactive ketones (excluding diaryl/α,β-unsaturated/α-hetero) is 1. The number of likely N-dealkylation sites (tertiary alicyclic amines) is 1. The average Bonchev–Trinajstić information content (AvgIpc) is 3.36. The number of phosphoric ester groups is 1. The SMILES string of the molecule is CCCCCCCCCCCCCCCCC(COP(=O)(O)OCCN1CCCC1)CC(=O)CCC. The molecule has 7 heteroatoms. The molecule has 2 unspecified atom stereocenters. The molecule has 0 bridgehead atoms. The summed E-state index contributed by atoms with van der Waals surface area (Å²) >= 11 is 0. The summed E-state index contributed by atoms with van der Waals surface area (Å²) in [5.74, 6) is 0.211. The summed E-state index contributed by atoms with van der Waals surface area (Å²) in [6, 6.07) is 0. The van der Waals surface area contributed by atoms with Crippen molar-refractivity contribution in [1.82, 2.24) is 4.90 Å². The van der Waals surface area contributed by atoms with Gasteiger partial charge in [-0.1, -0.05) is 104 Å². The number of unbranched alkanes of at least 4 members (excludes halogenated alkanes) is 13. The summed E-state index contributed by atoms with van der Waals surface area (Å²) in [6.45, 7) is 7.31. The summed E-state index contributed by atoms with van der Waals surface area (Å²) in [4.78, 5) is 24.5. The van der Waals surface area contributed by atoms with E-state index in [1.165, 1.54) is 89.9 Å². The molecule has 1 fully saturated rings. The monoisotopic (exact) mass is 531 g/mol. The van der Waals surface area contributed by atoms with Gasteiger partial charge in [0.15, 0.2) is 0 Å². The predicted molar refractivity (Wildman–Crippen MR) is 150 cm³/mol. The summed E-state index contributed by atoms with van der Waals surface area (Å²) in [5, 5.41) is 0. The van der Waals surface area contributed by atoms with Crippen LogP contribution in [0.4, 0.5) is 0 Å². The van der Waals surface area contributed by atoms with Crippen molar-refractivity contribution in [3.63, 3.8) is 0 Å². The van der Waals surface area contributed by atoms with Gasteiger partial charge in [-0.3, -0.25) is 13.8 Å². The largest absolute Gasteiger partial charge is 0.472 e.